The zero-order valence-electron chi connectivity index (χ0n) is 13.2. The highest BCUT2D eigenvalue weighted by Gasteiger charge is 2.53. The summed E-state index contributed by atoms with van der Waals surface area (Å²) < 4.78 is 11.5. The smallest absolute Gasteiger partial charge is 0.302 e. The van der Waals surface area contributed by atoms with Gasteiger partial charge in [-0.05, 0) is 25.7 Å². The first kappa shape index (κ1) is 15.3. The Hall–Kier alpha value is -1.09. The van der Waals surface area contributed by atoms with Gasteiger partial charge < -0.3 is 9.47 Å². The summed E-state index contributed by atoms with van der Waals surface area (Å²) in [5.41, 5.74) is 1.31. The van der Waals surface area contributed by atoms with Crippen molar-refractivity contribution in [3.63, 3.8) is 0 Å². The maximum Gasteiger partial charge on any atom is 0.302 e. The molecule has 2 aliphatic rings. The molecule has 1 aliphatic carbocycles. The van der Waals surface area contributed by atoms with Crippen LogP contribution in [0.5, 0.6) is 0 Å². The van der Waals surface area contributed by atoms with Crippen LogP contribution in [0, 0.1) is 23.2 Å². The van der Waals surface area contributed by atoms with E-state index in [1.807, 2.05) is 6.92 Å². The lowest BCUT2D eigenvalue weighted by atomic mass is 9.56. The fraction of sp³-hybridized carbons (Fsp3) is 0.706. The summed E-state index contributed by atoms with van der Waals surface area (Å²) in [6.07, 6.45) is 6.68. The van der Waals surface area contributed by atoms with E-state index in [1.54, 1.807) is 0 Å². The SMILES string of the molecule is C/C=C/C1OCC2(COC(C)=O)C(C)C=C(C)C1C2C. The molecule has 2 bridgehead atoms. The van der Waals surface area contributed by atoms with Crippen LogP contribution in [0.25, 0.3) is 0 Å². The molecule has 112 valence electrons. The van der Waals surface area contributed by atoms with E-state index in [4.69, 9.17) is 9.47 Å². The van der Waals surface area contributed by atoms with Crippen LogP contribution in [0.1, 0.15) is 34.6 Å². The first-order chi connectivity index (χ1) is 9.42. The largest absolute Gasteiger partial charge is 0.465 e. The summed E-state index contributed by atoms with van der Waals surface area (Å²) in [4.78, 5) is 11.2. The van der Waals surface area contributed by atoms with Crippen molar-refractivity contribution in [1.29, 1.82) is 0 Å². The number of hydrogen-bond acceptors (Lipinski definition) is 3. The molecule has 0 N–H and O–H groups in total. The van der Waals surface area contributed by atoms with E-state index in [9.17, 15) is 4.79 Å². The molecule has 0 aromatic rings. The second-order valence-corrected chi connectivity index (χ2v) is 6.33. The molecule has 0 saturated carbocycles. The van der Waals surface area contributed by atoms with Gasteiger partial charge in [-0.25, -0.2) is 0 Å². The van der Waals surface area contributed by atoms with Crippen LogP contribution < -0.4 is 0 Å². The van der Waals surface area contributed by atoms with Gasteiger partial charge in [-0.3, -0.25) is 4.79 Å². The summed E-state index contributed by atoms with van der Waals surface area (Å²) in [6, 6.07) is 0. The predicted molar refractivity (Wildman–Crippen MR) is 79.2 cm³/mol. The molecule has 0 aromatic carbocycles. The second-order valence-electron chi connectivity index (χ2n) is 6.33. The number of fused-ring (bicyclic) bond motifs is 2. The Balaban J connectivity index is 2.32. The summed E-state index contributed by atoms with van der Waals surface area (Å²) in [5.74, 6) is 0.973. The van der Waals surface area contributed by atoms with Crippen molar-refractivity contribution < 1.29 is 14.3 Å². The number of ether oxygens (including phenoxy) is 2. The third kappa shape index (κ3) is 2.44. The Morgan fingerprint density at radius 3 is 2.85 bits per heavy atom. The number of carbonyl (C=O) groups is 1. The molecule has 0 spiro atoms. The van der Waals surface area contributed by atoms with Crippen molar-refractivity contribution in [3.8, 4) is 0 Å². The van der Waals surface area contributed by atoms with Crippen LogP contribution in [-0.4, -0.2) is 25.3 Å². The van der Waals surface area contributed by atoms with Gasteiger partial charge in [0.05, 0.1) is 19.3 Å². The third-order valence-corrected chi connectivity index (χ3v) is 5.22. The first-order valence-corrected chi connectivity index (χ1v) is 7.48. The van der Waals surface area contributed by atoms with Crippen molar-refractivity contribution in [3.05, 3.63) is 23.8 Å². The summed E-state index contributed by atoms with van der Waals surface area (Å²) in [7, 11) is 0. The fourth-order valence-corrected chi connectivity index (χ4v) is 3.91. The zero-order valence-corrected chi connectivity index (χ0v) is 13.2. The van der Waals surface area contributed by atoms with Crippen LogP contribution >= 0.6 is 0 Å². The highest BCUT2D eigenvalue weighted by molar-refractivity contribution is 5.65. The van der Waals surface area contributed by atoms with E-state index in [0.717, 1.165) is 0 Å². The number of esters is 1. The average molecular weight is 278 g/mol. The van der Waals surface area contributed by atoms with Gasteiger partial charge in [-0.15, -0.1) is 0 Å². The van der Waals surface area contributed by atoms with Gasteiger partial charge in [0.25, 0.3) is 0 Å². The van der Waals surface area contributed by atoms with Gasteiger partial charge in [0, 0.05) is 18.3 Å². The topological polar surface area (TPSA) is 35.5 Å². The molecule has 0 radical (unpaired) electrons. The molecule has 1 aliphatic heterocycles. The van der Waals surface area contributed by atoms with Crippen molar-refractivity contribution in [2.75, 3.05) is 13.2 Å². The molecule has 20 heavy (non-hydrogen) atoms. The Labute approximate surface area is 122 Å². The van der Waals surface area contributed by atoms with Gasteiger partial charge >= 0.3 is 5.97 Å². The van der Waals surface area contributed by atoms with Crippen LogP contribution in [0.15, 0.2) is 23.8 Å². The normalized spacial score (nSPS) is 40.5. The molecule has 1 fully saturated rings. The summed E-state index contributed by atoms with van der Waals surface area (Å²) in [6.45, 7) is 11.3. The van der Waals surface area contributed by atoms with E-state index >= 15 is 0 Å². The van der Waals surface area contributed by atoms with Gasteiger partial charge in [-0.1, -0.05) is 37.6 Å². The average Bonchev–Trinajstić information content (AvgIpc) is 2.36. The molecular weight excluding hydrogens is 252 g/mol. The van der Waals surface area contributed by atoms with Gasteiger partial charge in [0.2, 0.25) is 0 Å². The van der Waals surface area contributed by atoms with E-state index in [1.165, 1.54) is 12.5 Å². The highest BCUT2D eigenvalue weighted by Crippen LogP contribution is 2.52. The van der Waals surface area contributed by atoms with Crippen LogP contribution in [0.2, 0.25) is 0 Å². The monoisotopic (exact) mass is 278 g/mol. The third-order valence-electron chi connectivity index (χ3n) is 5.22. The minimum absolute atomic E-state index is 0.0894. The second kappa shape index (κ2) is 5.72. The molecule has 3 nitrogen and oxygen atoms in total. The fourth-order valence-electron chi connectivity index (χ4n) is 3.91. The van der Waals surface area contributed by atoms with Crippen LogP contribution in [0.4, 0.5) is 0 Å². The number of allylic oxidation sites excluding steroid dienone is 2. The van der Waals surface area contributed by atoms with Crippen LogP contribution in [-0.2, 0) is 14.3 Å². The summed E-state index contributed by atoms with van der Waals surface area (Å²) >= 11 is 0. The Kier molecular flexibility index (Phi) is 4.38. The lowest BCUT2D eigenvalue weighted by molar-refractivity contribution is -0.171. The van der Waals surface area contributed by atoms with Gasteiger partial charge in [0.15, 0.2) is 0 Å². The van der Waals surface area contributed by atoms with Crippen molar-refractivity contribution in [2.45, 2.75) is 40.7 Å². The highest BCUT2D eigenvalue weighted by atomic mass is 16.5. The number of rotatable bonds is 3. The number of carbonyl (C=O) groups excluding carboxylic acids is 1. The molecule has 5 unspecified atom stereocenters. The molecule has 0 amide bonds. The molecule has 5 atom stereocenters. The van der Waals surface area contributed by atoms with E-state index in [2.05, 4.69) is 39.0 Å². The van der Waals surface area contributed by atoms with Gasteiger partial charge in [-0.2, -0.15) is 0 Å². The Morgan fingerprint density at radius 2 is 2.25 bits per heavy atom. The van der Waals surface area contributed by atoms with E-state index in [-0.39, 0.29) is 17.5 Å². The number of hydrogen-bond donors (Lipinski definition) is 0. The minimum atomic E-state index is -0.211. The van der Waals surface area contributed by atoms with E-state index < -0.39 is 0 Å². The standard InChI is InChI=1S/C17H26O3/c1-6-7-15-16-11(2)8-12(3)17(10-20-15,13(16)4)9-19-14(5)18/h6-8,12-13,15-16H,9-10H2,1-5H3/b7-6+. The zero-order chi connectivity index (χ0) is 14.9. The lowest BCUT2D eigenvalue weighted by Crippen LogP contribution is -2.56. The molecule has 2 rings (SSSR count). The minimum Gasteiger partial charge on any atom is -0.465 e. The summed E-state index contributed by atoms with van der Waals surface area (Å²) in [5, 5.41) is 0. The van der Waals surface area contributed by atoms with Crippen LogP contribution in [0.3, 0.4) is 0 Å². The van der Waals surface area contributed by atoms with Crippen molar-refractivity contribution in [1.82, 2.24) is 0 Å². The maximum atomic E-state index is 11.2. The molecule has 1 saturated heterocycles. The molecule has 0 aromatic heterocycles. The molecule has 3 heteroatoms. The Morgan fingerprint density at radius 1 is 1.55 bits per heavy atom. The Bertz CT molecular complexity index is 438. The van der Waals surface area contributed by atoms with Crippen molar-refractivity contribution >= 4 is 5.97 Å². The molecular formula is C17H26O3. The van der Waals surface area contributed by atoms with Gasteiger partial charge in [0.1, 0.15) is 0 Å². The van der Waals surface area contributed by atoms with E-state index in [0.29, 0.717) is 31.0 Å². The quantitative estimate of drug-likeness (QED) is 0.586. The molecule has 1 heterocycles. The lowest BCUT2D eigenvalue weighted by Gasteiger charge is -2.54. The predicted octanol–water partition coefficient (Wildman–Crippen LogP) is 3.36. The first-order valence-electron chi connectivity index (χ1n) is 7.48. The maximum absolute atomic E-state index is 11.2. The van der Waals surface area contributed by atoms with Crippen molar-refractivity contribution in [2.24, 2.45) is 23.2 Å².